The number of rotatable bonds is 0. The van der Waals surface area contributed by atoms with E-state index >= 15 is 0 Å². The molecule has 0 heterocycles. The van der Waals surface area contributed by atoms with Gasteiger partial charge in [-0.3, -0.25) is 0 Å². The summed E-state index contributed by atoms with van der Waals surface area (Å²) in [5, 5.41) is 0. The number of hydrogen-bond donors (Lipinski definition) is 0. The Labute approximate surface area is 97.9 Å². The molecule has 3 rings (SSSR count). The second kappa shape index (κ2) is 4.52. The van der Waals surface area contributed by atoms with Crippen molar-refractivity contribution in [3.8, 4) is 11.1 Å². The van der Waals surface area contributed by atoms with Crippen molar-refractivity contribution in [1.29, 1.82) is 0 Å². The van der Waals surface area contributed by atoms with Crippen LogP contribution in [-0.2, 0) is 6.42 Å². The third kappa shape index (κ3) is 1.76. The lowest BCUT2D eigenvalue weighted by Crippen LogP contribution is -1.80. The standard InChI is InChI=1S/C14H12.C2H6/c1-10-6-7-14-12(8-10)9-11-4-2-3-5-13(11)14;1-2/h2-8H,9H2,1H3;1-2H3. The van der Waals surface area contributed by atoms with Crippen molar-refractivity contribution in [2.24, 2.45) is 0 Å². The molecule has 16 heavy (non-hydrogen) atoms. The second-order valence-electron chi connectivity index (χ2n) is 3.99. The van der Waals surface area contributed by atoms with Crippen LogP contribution < -0.4 is 0 Å². The predicted molar refractivity (Wildman–Crippen MR) is 70.8 cm³/mol. The maximum atomic E-state index is 2.30. The minimum absolute atomic E-state index is 1.10. The lowest BCUT2D eigenvalue weighted by Gasteiger charge is -2.00. The van der Waals surface area contributed by atoms with Crippen molar-refractivity contribution in [2.45, 2.75) is 27.2 Å². The number of benzene rings is 2. The first kappa shape index (κ1) is 10.9. The number of hydrogen-bond acceptors (Lipinski definition) is 0. The van der Waals surface area contributed by atoms with E-state index in [0.29, 0.717) is 0 Å². The van der Waals surface area contributed by atoms with Crippen LogP contribution in [0.15, 0.2) is 42.5 Å². The molecule has 0 fully saturated rings. The van der Waals surface area contributed by atoms with E-state index in [1.807, 2.05) is 13.8 Å². The fraction of sp³-hybridized carbons (Fsp3) is 0.250. The van der Waals surface area contributed by atoms with Gasteiger partial charge in [0.2, 0.25) is 0 Å². The first-order valence-corrected chi connectivity index (χ1v) is 6.02. The van der Waals surface area contributed by atoms with Crippen LogP contribution >= 0.6 is 0 Å². The summed E-state index contributed by atoms with van der Waals surface area (Å²) >= 11 is 0. The van der Waals surface area contributed by atoms with Crippen molar-refractivity contribution < 1.29 is 0 Å². The summed E-state index contributed by atoms with van der Waals surface area (Å²) in [6.45, 7) is 6.16. The van der Waals surface area contributed by atoms with Gasteiger partial charge in [0.15, 0.2) is 0 Å². The quantitative estimate of drug-likeness (QED) is 0.509. The normalized spacial score (nSPS) is 11.2. The molecule has 82 valence electrons. The van der Waals surface area contributed by atoms with Gasteiger partial charge < -0.3 is 0 Å². The van der Waals surface area contributed by atoms with Gasteiger partial charge in [-0.05, 0) is 35.6 Å². The summed E-state index contributed by atoms with van der Waals surface area (Å²) < 4.78 is 0. The maximum Gasteiger partial charge on any atom is -0.00134 e. The Morgan fingerprint density at radius 2 is 1.50 bits per heavy atom. The Morgan fingerprint density at radius 3 is 2.31 bits per heavy atom. The molecule has 1 aliphatic carbocycles. The van der Waals surface area contributed by atoms with Gasteiger partial charge in [-0.2, -0.15) is 0 Å². The first-order valence-electron chi connectivity index (χ1n) is 6.02. The maximum absolute atomic E-state index is 2.30. The van der Waals surface area contributed by atoms with E-state index < -0.39 is 0 Å². The predicted octanol–water partition coefficient (Wildman–Crippen LogP) is 4.59. The van der Waals surface area contributed by atoms with Crippen LogP contribution in [0.3, 0.4) is 0 Å². The molecule has 0 N–H and O–H groups in total. The van der Waals surface area contributed by atoms with Gasteiger partial charge in [-0.25, -0.2) is 0 Å². The summed E-state index contributed by atoms with van der Waals surface area (Å²) in [4.78, 5) is 0. The van der Waals surface area contributed by atoms with E-state index in [2.05, 4.69) is 49.4 Å². The zero-order chi connectivity index (χ0) is 11.5. The molecule has 1 aliphatic rings. The van der Waals surface area contributed by atoms with Crippen molar-refractivity contribution in [3.05, 3.63) is 59.2 Å². The molecule has 0 amide bonds. The van der Waals surface area contributed by atoms with Gasteiger partial charge in [0.25, 0.3) is 0 Å². The molecule has 0 bridgehead atoms. The van der Waals surface area contributed by atoms with Gasteiger partial charge in [0.1, 0.15) is 0 Å². The third-order valence-corrected chi connectivity index (χ3v) is 2.95. The monoisotopic (exact) mass is 210 g/mol. The fourth-order valence-corrected chi connectivity index (χ4v) is 2.27. The Bertz CT molecular complexity index is 495. The third-order valence-electron chi connectivity index (χ3n) is 2.95. The van der Waals surface area contributed by atoms with Crippen LogP contribution in [0, 0.1) is 6.92 Å². The van der Waals surface area contributed by atoms with Crippen LogP contribution in [0.4, 0.5) is 0 Å². The topological polar surface area (TPSA) is 0 Å². The Hall–Kier alpha value is -1.56. The summed E-state index contributed by atoms with van der Waals surface area (Å²) in [6, 6.07) is 15.4. The molecular weight excluding hydrogens is 192 g/mol. The SMILES string of the molecule is CC.Cc1ccc2c(c1)Cc1ccccc1-2. The van der Waals surface area contributed by atoms with Crippen LogP contribution in [0.25, 0.3) is 11.1 Å². The average Bonchev–Trinajstić information content (AvgIpc) is 2.68. The van der Waals surface area contributed by atoms with Crippen molar-refractivity contribution in [1.82, 2.24) is 0 Å². The van der Waals surface area contributed by atoms with Crippen molar-refractivity contribution in [2.75, 3.05) is 0 Å². The molecule has 0 saturated carbocycles. The molecule has 0 heteroatoms. The minimum atomic E-state index is 1.10. The van der Waals surface area contributed by atoms with E-state index in [9.17, 15) is 0 Å². The Morgan fingerprint density at radius 1 is 0.812 bits per heavy atom. The van der Waals surface area contributed by atoms with E-state index in [4.69, 9.17) is 0 Å². The molecule has 0 nitrogen and oxygen atoms in total. The van der Waals surface area contributed by atoms with Crippen LogP contribution in [0.5, 0.6) is 0 Å². The van der Waals surface area contributed by atoms with Crippen molar-refractivity contribution >= 4 is 0 Å². The molecule has 0 unspecified atom stereocenters. The number of aryl methyl sites for hydroxylation is 1. The lowest BCUT2D eigenvalue weighted by atomic mass is 10.0. The first-order chi connectivity index (χ1) is 7.84. The molecule has 0 atom stereocenters. The largest absolute Gasteiger partial charge is 0.0683 e. The van der Waals surface area contributed by atoms with Gasteiger partial charge in [-0.15, -0.1) is 0 Å². The molecule has 2 aromatic rings. The van der Waals surface area contributed by atoms with Gasteiger partial charge in [-0.1, -0.05) is 61.9 Å². The zero-order valence-corrected chi connectivity index (χ0v) is 10.2. The molecule has 0 spiro atoms. The molecular formula is C16H18. The van der Waals surface area contributed by atoms with E-state index in [-0.39, 0.29) is 0 Å². The summed E-state index contributed by atoms with van der Waals surface area (Å²) in [5.41, 5.74) is 7.14. The van der Waals surface area contributed by atoms with E-state index in [1.54, 1.807) is 0 Å². The average molecular weight is 210 g/mol. The molecule has 0 aromatic heterocycles. The highest BCUT2D eigenvalue weighted by Gasteiger charge is 2.16. The highest BCUT2D eigenvalue weighted by molar-refractivity contribution is 5.76. The molecule has 0 aliphatic heterocycles. The highest BCUT2D eigenvalue weighted by atomic mass is 14.2. The van der Waals surface area contributed by atoms with E-state index in [0.717, 1.165) is 6.42 Å². The molecule has 0 saturated heterocycles. The lowest BCUT2D eigenvalue weighted by molar-refractivity contribution is 1.25. The van der Waals surface area contributed by atoms with Crippen molar-refractivity contribution in [3.63, 3.8) is 0 Å². The molecule has 2 aromatic carbocycles. The van der Waals surface area contributed by atoms with E-state index in [1.165, 1.54) is 27.8 Å². The summed E-state index contributed by atoms with van der Waals surface area (Å²) in [5.74, 6) is 0. The van der Waals surface area contributed by atoms with Gasteiger partial charge in [0.05, 0.1) is 0 Å². The summed E-state index contributed by atoms with van der Waals surface area (Å²) in [6.07, 6.45) is 1.10. The van der Waals surface area contributed by atoms with Gasteiger partial charge in [0, 0.05) is 0 Å². The summed E-state index contributed by atoms with van der Waals surface area (Å²) in [7, 11) is 0. The van der Waals surface area contributed by atoms with Crippen LogP contribution in [0.1, 0.15) is 30.5 Å². The van der Waals surface area contributed by atoms with Crippen LogP contribution in [-0.4, -0.2) is 0 Å². The zero-order valence-electron chi connectivity index (χ0n) is 10.2. The fourth-order valence-electron chi connectivity index (χ4n) is 2.27. The Kier molecular flexibility index (Phi) is 3.09. The van der Waals surface area contributed by atoms with Gasteiger partial charge >= 0.3 is 0 Å². The van der Waals surface area contributed by atoms with Crippen LogP contribution in [0.2, 0.25) is 0 Å². The highest BCUT2D eigenvalue weighted by Crippen LogP contribution is 2.36. The second-order valence-corrected chi connectivity index (χ2v) is 3.99. The Balaban J connectivity index is 0.000000457. The smallest absolute Gasteiger partial charge is 0.00134 e. The molecule has 0 radical (unpaired) electrons. The number of fused-ring (bicyclic) bond motifs is 3. The minimum Gasteiger partial charge on any atom is -0.0683 e.